The Labute approximate surface area is 99.6 Å². The van der Waals surface area contributed by atoms with Gasteiger partial charge in [-0.1, -0.05) is 24.3 Å². The first kappa shape index (κ1) is 10.1. The van der Waals surface area contributed by atoms with E-state index in [2.05, 4.69) is 5.43 Å². The van der Waals surface area contributed by atoms with Crippen LogP contribution in [0.5, 0.6) is 0 Å². The Morgan fingerprint density at radius 1 is 1.06 bits per heavy atom. The first-order chi connectivity index (χ1) is 8.25. The van der Waals surface area contributed by atoms with Crippen LogP contribution in [0.3, 0.4) is 0 Å². The summed E-state index contributed by atoms with van der Waals surface area (Å²) in [5, 5.41) is 12.6. The molecule has 0 radical (unpaired) electrons. The van der Waals surface area contributed by atoms with E-state index >= 15 is 0 Å². The summed E-state index contributed by atoms with van der Waals surface area (Å²) in [4.78, 5) is 0. The number of rotatable bonds is 1. The molecule has 1 aliphatic heterocycles. The van der Waals surface area contributed by atoms with Gasteiger partial charge in [-0.05, 0) is 36.8 Å². The fraction of sp³-hybridized carbons (Fsp3) is 0.0769. The molecule has 3 rings (SSSR count). The summed E-state index contributed by atoms with van der Waals surface area (Å²) in [7, 11) is 0. The van der Waals surface area contributed by atoms with Crippen molar-refractivity contribution in [1.82, 2.24) is 5.28 Å². The summed E-state index contributed by atoms with van der Waals surface area (Å²) in [5.74, 6) is 0. The molecular weight excluding hydrogens is 214 g/mol. The van der Waals surface area contributed by atoms with Crippen molar-refractivity contribution in [1.29, 1.82) is 0 Å². The lowest BCUT2D eigenvalue weighted by Crippen LogP contribution is -2.34. The van der Waals surface area contributed by atoms with E-state index in [1.165, 1.54) is 0 Å². The molecule has 0 aliphatic carbocycles. The van der Waals surface area contributed by atoms with Gasteiger partial charge in [0.1, 0.15) is 0 Å². The maximum Gasteiger partial charge on any atom is 0.0870 e. The maximum atomic E-state index is 9.90. The summed E-state index contributed by atoms with van der Waals surface area (Å²) in [6, 6.07) is 15.7. The number of hydrogen-bond acceptors (Lipinski definition) is 4. The second-order valence-corrected chi connectivity index (χ2v) is 4.07. The zero-order chi connectivity index (χ0) is 11.8. The zero-order valence-corrected chi connectivity index (χ0v) is 9.46. The highest BCUT2D eigenvalue weighted by molar-refractivity contribution is 5.79. The molecule has 17 heavy (non-hydrogen) atoms. The third kappa shape index (κ3) is 1.63. The van der Waals surface area contributed by atoms with Gasteiger partial charge in [-0.3, -0.25) is 10.6 Å². The lowest BCUT2D eigenvalue weighted by atomic mass is 10.2. The Hall–Kier alpha value is -2.04. The zero-order valence-electron chi connectivity index (χ0n) is 9.46. The first-order valence-electron chi connectivity index (χ1n) is 5.47. The SMILES string of the molecule is Cc1ccc2c(c1)N(c1ccccc1)N(O)N2. The molecule has 0 unspecified atom stereocenters. The summed E-state index contributed by atoms with van der Waals surface area (Å²) >= 11 is 0. The topological polar surface area (TPSA) is 38.7 Å². The lowest BCUT2D eigenvalue weighted by Gasteiger charge is -2.23. The van der Waals surface area contributed by atoms with E-state index in [0.717, 1.165) is 27.9 Å². The van der Waals surface area contributed by atoms with E-state index < -0.39 is 0 Å². The van der Waals surface area contributed by atoms with E-state index in [9.17, 15) is 5.21 Å². The highest BCUT2D eigenvalue weighted by Crippen LogP contribution is 2.38. The second-order valence-electron chi connectivity index (χ2n) is 4.07. The Balaban J connectivity index is 2.11. The van der Waals surface area contributed by atoms with Gasteiger partial charge in [-0.15, -0.1) is 0 Å². The van der Waals surface area contributed by atoms with Crippen molar-refractivity contribution in [2.24, 2.45) is 0 Å². The number of aryl methyl sites for hydroxylation is 1. The van der Waals surface area contributed by atoms with Crippen LogP contribution in [0, 0.1) is 6.92 Å². The Bertz CT molecular complexity index is 542. The van der Waals surface area contributed by atoms with Crippen molar-refractivity contribution in [3.05, 3.63) is 54.1 Å². The van der Waals surface area contributed by atoms with Gasteiger partial charge in [0.2, 0.25) is 0 Å². The van der Waals surface area contributed by atoms with Gasteiger partial charge in [0, 0.05) is 5.28 Å². The number of nitrogens with zero attached hydrogens (tertiary/aromatic N) is 2. The minimum absolute atomic E-state index is 0.891. The van der Waals surface area contributed by atoms with Gasteiger partial charge >= 0.3 is 0 Å². The largest absolute Gasteiger partial charge is 0.276 e. The van der Waals surface area contributed by atoms with Crippen LogP contribution in [-0.2, 0) is 0 Å². The van der Waals surface area contributed by atoms with Crippen LogP contribution in [0.15, 0.2) is 48.5 Å². The van der Waals surface area contributed by atoms with Crippen molar-refractivity contribution in [2.45, 2.75) is 6.92 Å². The molecule has 0 bridgehead atoms. The number of benzene rings is 2. The first-order valence-corrected chi connectivity index (χ1v) is 5.47. The van der Waals surface area contributed by atoms with Crippen LogP contribution in [0.4, 0.5) is 17.1 Å². The average molecular weight is 227 g/mol. The minimum atomic E-state index is 0.891. The molecule has 2 aromatic carbocycles. The Morgan fingerprint density at radius 3 is 2.59 bits per heavy atom. The number of hydrazine groups is 2. The third-order valence-electron chi connectivity index (χ3n) is 2.79. The van der Waals surface area contributed by atoms with Crippen LogP contribution in [-0.4, -0.2) is 10.5 Å². The molecule has 4 heteroatoms. The van der Waals surface area contributed by atoms with Gasteiger partial charge in [0.05, 0.1) is 17.1 Å². The van der Waals surface area contributed by atoms with Crippen molar-refractivity contribution in [2.75, 3.05) is 10.4 Å². The fourth-order valence-electron chi connectivity index (χ4n) is 1.99. The molecule has 4 nitrogen and oxygen atoms in total. The number of para-hydroxylation sites is 1. The van der Waals surface area contributed by atoms with Crippen LogP contribution in [0.2, 0.25) is 0 Å². The quantitative estimate of drug-likeness (QED) is 0.785. The number of anilines is 3. The van der Waals surface area contributed by atoms with Gasteiger partial charge in [0.25, 0.3) is 0 Å². The van der Waals surface area contributed by atoms with Crippen molar-refractivity contribution >= 4 is 17.1 Å². The minimum Gasteiger partial charge on any atom is -0.276 e. The number of fused-ring (bicyclic) bond motifs is 1. The Kier molecular flexibility index (Phi) is 2.24. The third-order valence-corrected chi connectivity index (χ3v) is 2.79. The fourth-order valence-corrected chi connectivity index (χ4v) is 1.99. The molecule has 0 amide bonds. The predicted octanol–water partition coefficient (Wildman–Crippen LogP) is 3.08. The van der Waals surface area contributed by atoms with Crippen molar-refractivity contribution < 1.29 is 5.21 Å². The molecule has 1 heterocycles. The lowest BCUT2D eigenvalue weighted by molar-refractivity contribution is -0.0595. The van der Waals surface area contributed by atoms with Crippen LogP contribution < -0.4 is 10.4 Å². The van der Waals surface area contributed by atoms with E-state index in [0.29, 0.717) is 0 Å². The molecule has 86 valence electrons. The van der Waals surface area contributed by atoms with Crippen molar-refractivity contribution in [3.63, 3.8) is 0 Å². The number of hydrogen-bond donors (Lipinski definition) is 2. The predicted molar refractivity (Wildman–Crippen MR) is 67.0 cm³/mol. The molecule has 0 aromatic heterocycles. The van der Waals surface area contributed by atoms with Crippen LogP contribution in [0.25, 0.3) is 0 Å². The average Bonchev–Trinajstić information content (AvgIpc) is 2.65. The highest BCUT2D eigenvalue weighted by Gasteiger charge is 2.26. The van der Waals surface area contributed by atoms with Gasteiger partial charge in [0.15, 0.2) is 0 Å². The van der Waals surface area contributed by atoms with Crippen LogP contribution in [0.1, 0.15) is 5.56 Å². The molecule has 0 spiro atoms. The van der Waals surface area contributed by atoms with Gasteiger partial charge in [-0.2, -0.15) is 0 Å². The standard InChI is InChI=1S/C13H13N3O/c1-10-7-8-12-13(9-10)15(16(17)14-12)11-5-3-2-4-6-11/h2-9,14,17H,1H3. The summed E-state index contributed by atoms with van der Waals surface area (Å²) in [6.07, 6.45) is 0. The molecule has 0 saturated heterocycles. The Morgan fingerprint density at radius 2 is 1.82 bits per heavy atom. The highest BCUT2D eigenvalue weighted by atomic mass is 16.6. The second kappa shape index (κ2) is 3.76. The normalized spacial score (nSPS) is 14.6. The van der Waals surface area contributed by atoms with E-state index in [-0.39, 0.29) is 0 Å². The molecule has 0 fully saturated rings. The summed E-state index contributed by atoms with van der Waals surface area (Å²) in [6.45, 7) is 2.03. The molecule has 0 saturated carbocycles. The number of nitrogens with one attached hydrogen (secondary N) is 1. The van der Waals surface area contributed by atoms with E-state index in [1.807, 2.05) is 55.5 Å². The van der Waals surface area contributed by atoms with Gasteiger partial charge < -0.3 is 0 Å². The molecule has 2 aromatic rings. The maximum absolute atomic E-state index is 9.90. The smallest absolute Gasteiger partial charge is 0.0870 e. The van der Waals surface area contributed by atoms with Gasteiger partial charge in [-0.25, -0.2) is 5.01 Å². The molecular formula is C13H13N3O. The monoisotopic (exact) mass is 227 g/mol. The van der Waals surface area contributed by atoms with E-state index in [4.69, 9.17) is 0 Å². The molecule has 0 atom stereocenters. The summed E-state index contributed by atoms with van der Waals surface area (Å²) in [5.41, 5.74) is 6.79. The summed E-state index contributed by atoms with van der Waals surface area (Å²) < 4.78 is 0. The van der Waals surface area contributed by atoms with E-state index in [1.54, 1.807) is 5.01 Å². The van der Waals surface area contributed by atoms with Crippen molar-refractivity contribution in [3.8, 4) is 0 Å². The molecule has 2 N–H and O–H groups in total. The molecule has 1 aliphatic rings. The van der Waals surface area contributed by atoms with Crippen LogP contribution >= 0.6 is 0 Å².